The lowest BCUT2D eigenvalue weighted by Gasteiger charge is -2.24. The van der Waals surface area contributed by atoms with E-state index in [0.717, 1.165) is 0 Å². The number of nitrogens with zero attached hydrogens (tertiary/aromatic N) is 6. The molecule has 0 amide bonds. The Balaban J connectivity index is 0.00000117. The molecule has 0 radical (unpaired) electrons. The van der Waals surface area contributed by atoms with Crippen molar-refractivity contribution >= 4 is 27.9 Å². The predicted octanol–water partition coefficient (Wildman–Crippen LogP) is 2.60. The van der Waals surface area contributed by atoms with Gasteiger partial charge in [-0.3, -0.25) is 4.79 Å². The lowest BCUT2D eigenvalue weighted by Crippen LogP contribution is -2.40. The number of aromatic amines is 1. The zero-order chi connectivity index (χ0) is 21.1. The first kappa shape index (κ1) is 20.2. The zero-order valence-electron chi connectivity index (χ0n) is 16.9. The number of hydrogen-bond donors (Lipinski definition) is 2. The molecule has 0 aliphatic heterocycles. The maximum atomic E-state index is 14.2. The standard InChI is InChI=1S/C17H17FN8O.C2H6/c1-9(23-15-13-14(20-7-19-13)21-8-22-15)16-24-11-6-4-5-10(18)12(11)17(27)26(16)25(2)3;1-2/h4-9H,1-3H3,(H2,19,20,21,22,23);1-2H3. The zero-order valence-corrected chi connectivity index (χ0v) is 16.9. The van der Waals surface area contributed by atoms with Crippen molar-refractivity contribution in [2.45, 2.75) is 26.8 Å². The number of anilines is 1. The molecule has 3 aromatic heterocycles. The molecule has 1 aromatic carbocycles. The number of halogens is 1. The average molecular weight is 398 g/mol. The first-order valence-corrected chi connectivity index (χ1v) is 9.26. The van der Waals surface area contributed by atoms with Crippen LogP contribution in [0.4, 0.5) is 10.2 Å². The summed E-state index contributed by atoms with van der Waals surface area (Å²) in [7, 11) is 3.40. The van der Waals surface area contributed by atoms with Crippen LogP contribution in [0.15, 0.2) is 35.6 Å². The van der Waals surface area contributed by atoms with E-state index in [1.807, 2.05) is 20.8 Å². The van der Waals surface area contributed by atoms with E-state index in [2.05, 4.69) is 30.2 Å². The van der Waals surface area contributed by atoms with E-state index in [9.17, 15) is 9.18 Å². The van der Waals surface area contributed by atoms with E-state index in [4.69, 9.17) is 0 Å². The molecule has 1 atom stereocenters. The summed E-state index contributed by atoms with van der Waals surface area (Å²) in [6.07, 6.45) is 2.93. The highest BCUT2D eigenvalue weighted by atomic mass is 19.1. The van der Waals surface area contributed by atoms with E-state index < -0.39 is 17.4 Å². The van der Waals surface area contributed by atoms with Gasteiger partial charge in [0, 0.05) is 14.1 Å². The minimum Gasteiger partial charge on any atom is -0.358 e. The van der Waals surface area contributed by atoms with Crippen molar-refractivity contribution in [3.8, 4) is 0 Å². The number of rotatable bonds is 4. The summed E-state index contributed by atoms with van der Waals surface area (Å²) in [6, 6.07) is 4.00. The third kappa shape index (κ3) is 3.60. The van der Waals surface area contributed by atoms with E-state index in [1.165, 1.54) is 29.5 Å². The second-order valence-electron chi connectivity index (χ2n) is 6.26. The number of H-pyrrole nitrogens is 1. The molecule has 0 saturated heterocycles. The Morgan fingerprint density at radius 3 is 2.69 bits per heavy atom. The van der Waals surface area contributed by atoms with Crippen molar-refractivity contribution in [1.82, 2.24) is 29.6 Å². The molecule has 3 heterocycles. The van der Waals surface area contributed by atoms with Crippen LogP contribution in [-0.2, 0) is 0 Å². The second-order valence-corrected chi connectivity index (χ2v) is 6.26. The number of fused-ring (bicyclic) bond motifs is 2. The smallest absolute Gasteiger partial charge is 0.283 e. The maximum absolute atomic E-state index is 14.2. The first-order chi connectivity index (χ1) is 14.0. The summed E-state index contributed by atoms with van der Waals surface area (Å²) in [4.78, 5) is 32.8. The van der Waals surface area contributed by atoms with Crippen LogP contribution in [0.5, 0.6) is 0 Å². The van der Waals surface area contributed by atoms with Crippen molar-refractivity contribution in [2.75, 3.05) is 24.4 Å². The molecule has 1 unspecified atom stereocenters. The summed E-state index contributed by atoms with van der Waals surface area (Å²) in [5, 5.41) is 4.75. The van der Waals surface area contributed by atoms with Gasteiger partial charge < -0.3 is 15.3 Å². The molecule has 4 rings (SSSR count). The van der Waals surface area contributed by atoms with Gasteiger partial charge in [-0.05, 0) is 19.1 Å². The number of aromatic nitrogens is 6. The lowest BCUT2D eigenvalue weighted by atomic mass is 10.2. The quantitative estimate of drug-likeness (QED) is 0.544. The highest BCUT2D eigenvalue weighted by Gasteiger charge is 2.21. The van der Waals surface area contributed by atoms with E-state index in [-0.39, 0.29) is 5.39 Å². The summed E-state index contributed by atoms with van der Waals surface area (Å²) < 4.78 is 15.5. The van der Waals surface area contributed by atoms with Gasteiger partial charge in [-0.25, -0.2) is 29.0 Å². The van der Waals surface area contributed by atoms with Crippen LogP contribution in [0.3, 0.4) is 0 Å². The number of imidazole rings is 1. The normalized spacial score (nSPS) is 11.8. The van der Waals surface area contributed by atoms with Gasteiger partial charge in [0.15, 0.2) is 17.3 Å². The highest BCUT2D eigenvalue weighted by Crippen LogP contribution is 2.22. The SMILES string of the molecule is CC.CC(Nc1ncnc2nc[nH]c12)c1nc2cccc(F)c2c(=O)n1N(C)C. The Kier molecular flexibility index (Phi) is 5.71. The van der Waals surface area contributed by atoms with Gasteiger partial charge >= 0.3 is 0 Å². The Hall–Kier alpha value is -3.56. The van der Waals surface area contributed by atoms with Gasteiger partial charge in [0.2, 0.25) is 0 Å². The molecule has 10 heteroatoms. The average Bonchev–Trinajstić information content (AvgIpc) is 3.19. The predicted molar refractivity (Wildman–Crippen MR) is 111 cm³/mol. The summed E-state index contributed by atoms with van der Waals surface area (Å²) in [5.74, 6) is 0.362. The highest BCUT2D eigenvalue weighted by molar-refractivity contribution is 5.82. The fourth-order valence-corrected chi connectivity index (χ4v) is 3.01. The third-order valence-electron chi connectivity index (χ3n) is 4.21. The summed E-state index contributed by atoms with van der Waals surface area (Å²) in [5.41, 5.74) is 1.01. The van der Waals surface area contributed by atoms with Crippen molar-refractivity contribution < 1.29 is 4.39 Å². The second kappa shape index (κ2) is 8.21. The first-order valence-electron chi connectivity index (χ1n) is 9.26. The van der Waals surface area contributed by atoms with Crippen LogP contribution in [0, 0.1) is 5.82 Å². The molecule has 152 valence electrons. The minimum absolute atomic E-state index is 0.0415. The molecular weight excluding hydrogens is 375 g/mol. The van der Waals surface area contributed by atoms with Gasteiger partial charge in [0.05, 0.1) is 17.9 Å². The monoisotopic (exact) mass is 398 g/mol. The van der Waals surface area contributed by atoms with Gasteiger partial charge in [-0.2, -0.15) is 0 Å². The topological polar surface area (TPSA) is 105 Å². The van der Waals surface area contributed by atoms with Crippen LogP contribution in [-0.4, -0.2) is 43.7 Å². The van der Waals surface area contributed by atoms with Gasteiger partial charge in [0.25, 0.3) is 5.56 Å². The van der Waals surface area contributed by atoms with Crippen LogP contribution in [0.25, 0.3) is 22.1 Å². The van der Waals surface area contributed by atoms with Crippen molar-refractivity contribution in [2.24, 2.45) is 0 Å². The van der Waals surface area contributed by atoms with Crippen LogP contribution in [0.1, 0.15) is 32.6 Å². The largest absolute Gasteiger partial charge is 0.358 e. The molecule has 0 aliphatic rings. The minimum atomic E-state index is -0.595. The molecule has 0 saturated carbocycles. The Labute approximate surface area is 166 Å². The van der Waals surface area contributed by atoms with Gasteiger partial charge in [-0.15, -0.1) is 0 Å². The molecule has 9 nitrogen and oxygen atoms in total. The Morgan fingerprint density at radius 1 is 1.21 bits per heavy atom. The fraction of sp³-hybridized carbons (Fsp3) is 0.316. The molecule has 0 aliphatic carbocycles. The van der Waals surface area contributed by atoms with Crippen molar-refractivity contribution in [3.05, 3.63) is 52.8 Å². The van der Waals surface area contributed by atoms with Gasteiger partial charge in [-0.1, -0.05) is 19.9 Å². The molecule has 29 heavy (non-hydrogen) atoms. The third-order valence-corrected chi connectivity index (χ3v) is 4.21. The maximum Gasteiger partial charge on any atom is 0.283 e. The summed E-state index contributed by atoms with van der Waals surface area (Å²) >= 11 is 0. The number of nitrogens with one attached hydrogen (secondary N) is 2. The molecule has 4 aromatic rings. The molecular formula is C19H23FN8O. The summed E-state index contributed by atoms with van der Waals surface area (Å²) in [6.45, 7) is 5.84. The van der Waals surface area contributed by atoms with Gasteiger partial charge in [0.1, 0.15) is 23.0 Å². The van der Waals surface area contributed by atoms with Crippen molar-refractivity contribution in [3.63, 3.8) is 0 Å². The molecule has 0 spiro atoms. The Morgan fingerprint density at radius 2 is 1.97 bits per heavy atom. The molecule has 0 fully saturated rings. The number of hydrogen-bond acceptors (Lipinski definition) is 7. The lowest BCUT2D eigenvalue weighted by molar-refractivity contribution is 0.598. The van der Waals surface area contributed by atoms with Crippen molar-refractivity contribution in [1.29, 1.82) is 0 Å². The van der Waals surface area contributed by atoms with E-state index >= 15 is 0 Å². The van der Waals surface area contributed by atoms with Crippen LogP contribution in [0.2, 0.25) is 0 Å². The number of benzene rings is 1. The molecule has 2 N–H and O–H groups in total. The Bertz CT molecular complexity index is 1200. The fourth-order valence-electron chi connectivity index (χ4n) is 3.01. The van der Waals surface area contributed by atoms with Crippen LogP contribution < -0.4 is 15.9 Å². The van der Waals surface area contributed by atoms with Crippen LogP contribution >= 0.6 is 0 Å². The van der Waals surface area contributed by atoms with E-state index in [0.29, 0.717) is 28.3 Å². The van der Waals surface area contributed by atoms with E-state index in [1.54, 1.807) is 25.2 Å². The molecule has 0 bridgehead atoms.